The molecule has 1 fully saturated rings. The smallest absolute Gasteiger partial charge is 0.308 e. The molecular weight excluding hydrogens is 210 g/mol. The first-order chi connectivity index (χ1) is 7.61. The van der Waals surface area contributed by atoms with Crippen LogP contribution in [0.4, 0.5) is 0 Å². The van der Waals surface area contributed by atoms with E-state index in [1.807, 2.05) is 0 Å². The Kier molecular flexibility index (Phi) is 2.72. The predicted octanol–water partition coefficient (Wildman–Crippen LogP) is 0.605. The lowest BCUT2D eigenvalue weighted by Crippen LogP contribution is -2.33. The number of aromatic nitrogens is 3. The first-order valence-corrected chi connectivity index (χ1v) is 5.12. The van der Waals surface area contributed by atoms with Crippen molar-refractivity contribution >= 4 is 11.8 Å². The van der Waals surface area contributed by atoms with Crippen LogP contribution in [0.1, 0.15) is 36.3 Å². The topological polar surface area (TPSA) is 74.1 Å². The van der Waals surface area contributed by atoms with E-state index >= 15 is 0 Å². The lowest BCUT2D eigenvalue weighted by Gasteiger charge is -2.32. The molecule has 1 heterocycles. The van der Waals surface area contributed by atoms with Gasteiger partial charge in [0.2, 0.25) is 0 Å². The maximum atomic E-state index is 11.2. The lowest BCUT2D eigenvalue weighted by atomic mass is 9.80. The average molecular weight is 223 g/mol. The Morgan fingerprint density at radius 1 is 1.50 bits per heavy atom. The van der Waals surface area contributed by atoms with Crippen molar-refractivity contribution in [1.82, 2.24) is 15.0 Å². The third-order valence-corrected chi connectivity index (χ3v) is 2.89. The summed E-state index contributed by atoms with van der Waals surface area (Å²) < 4.78 is 6.29. The molecule has 0 spiro atoms. The minimum atomic E-state index is -0.178. The third-order valence-electron chi connectivity index (χ3n) is 2.89. The fraction of sp³-hybridized carbons (Fsp3) is 0.600. The third kappa shape index (κ3) is 1.82. The van der Waals surface area contributed by atoms with E-state index in [1.165, 1.54) is 14.0 Å². The van der Waals surface area contributed by atoms with Gasteiger partial charge in [0.05, 0.1) is 25.3 Å². The number of hydrogen-bond donors (Lipinski definition) is 0. The van der Waals surface area contributed by atoms with Crippen molar-refractivity contribution < 1.29 is 14.3 Å². The Hall–Kier alpha value is -1.72. The van der Waals surface area contributed by atoms with Gasteiger partial charge in [-0.1, -0.05) is 5.21 Å². The number of esters is 1. The van der Waals surface area contributed by atoms with Crippen LogP contribution in [0.3, 0.4) is 0 Å². The SMILES string of the molecule is COC(=O)C1CC(n2cc(C(C)=O)nn2)C1. The number of Topliss-reactive ketones (excluding diaryl/α,β-unsaturated/α-hetero) is 1. The Bertz CT molecular complexity index is 421. The highest BCUT2D eigenvalue weighted by Crippen LogP contribution is 2.37. The monoisotopic (exact) mass is 223 g/mol. The van der Waals surface area contributed by atoms with Gasteiger partial charge in [-0.25, -0.2) is 4.68 Å². The number of carbonyl (C=O) groups is 2. The molecule has 1 aliphatic carbocycles. The van der Waals surface area contributed by atoms with Crippen molar-refractivity contribution in [2.45, 2.75) is 25.8 Å². The van der Waals surface area contributed by atoms with Crippen molar-refractivity contribution in [3.05, 3.63) is 11.9 Å². The molecule has 0 aliphatic heterocycles. The lowest BCUT2D eigenvalue weighted by molar-refractivity contribution is -0.149. The first kappa shape index (κ1) is 10.8. The Morgan fingerprint density at radius 2 is 2.19 bits per heavy atom. The summed E-state index contributed by atoms with van der Waals surface area (Å²) in [7, 11) is 1.39. The molecule has 0 radical (unpaired) electrons. The summed E-state index contributed by atoms with van der Waals surface area (Å²) in [6, 6.07) is 0.157. The van der Waals surface area contributed by atoms with E-state index in [4.69, 9.17) is 0 Å². The maximum Gasteiger partial charge on any atom is 0.308 e. The minimum absolute atomic E-state index is 0.0417. The van der Waals surface area contributed by atoms with Crippen LogP contribution in [-0.4, -0.2) is 33.9 Å². The van der Waals surface area contributed by atoms with Crippen LogP contribution in [0.5, 0.6) is 0 Å². The molecule has 2 rings (SSSR count). The molecule has 6 heteroatoms. The van der Waals surface area contributed by atoms with Gasteiger partial charge in [-0.05, 0) is 12.8 Å². The van der Waals surface area contributed by atoms with Gasteiger partial charge >= 0.3 is 5.97 Å². The average Bonchev–Trinajstić information content (AvgIpc) is 2.64. The molecule has 0 unspecified atom stereocenters. The number of hydrogen-bond acceptors (Lipinski definition) is 5. The largest absolute Gasteiger partial charge is 0.469 e. The maximum absolute atomic E-state index is 11.2. The van der Waals surface area contributed by atoms with Gasteiger partial charge in [0, 0.05) is 6.92 Å². The molecule has 1 aromatic heterocycles. The second-order valence-corrected chi connectivity index (χ2v) is 3.99. The van der Waals surface area contributed by atoms with Crippen LogP contribution in [0.2, 0.25) is 0 Å². The molecule has 0 N–H and O–H groups in total. The number of rotatable bonds is 3. The molecule has 0 bridgehead atoms. The second kappa shape index (κ2) is 4.03. The zero-order valence-electron chi connectivity index (χ0n) is 9.21. The van der Waals surface area contributed by atoms with E-state index in [9.17, 15) is 9.59 Å². The highest BCUT2D eigenvalue weighted by atomic mass is 16.5. The number of ketones is 1. The van der Waals surface area contributed by atoms with Crippen LogP contribution >= 0.6 is 0 Å². The molecule has 6 nitrogen and oxygen atoms in total. The van der Waals surface area contributed by atoms with Gasteiger partial charge in [0.1, 0.15) is 5.69 Å². The van der Waals surface area contributed by atoms with E-state index in [0.717, 1.165) is 0 Å². The van der Waals surface area contributed by atoms with Crippen molar-refractivity contribution in [1.29, 1.82) is 0 Å². The molecule has 1 aliphatic rings. The van der Waals surface area contributed by atoms with Gasteiger partial charge in [0.15, 0.2) is 5.78 Å². The van der Waals surface area contributed by atoms with Crippen LogP contribution in [0.25, 0.3) is 0 Å². The van der Waals surface area contributed by atoms with Crippen molar-refractivity contribution in [3.8, 4) is 0 Å². The second-order valence-electron chi connectivity index (χ2n) is 3.99. The van der Waals surface area contributed by atoms with Crippen LogP contribution in [0, 0.1) is 5.92 Å². The fourth-order valence-electron chi connectivity index (χ4n) is 1.78. The predicted molar refractivity (Wildman–Crippen MR) is 53.8 cm³/mol. The molecule has 86 valence electrons. The number of ether oxygens (including phenoxy) is 1. The molecule has 0 amide bonds. The Balaban J connectivity index is 1.96. The summed E-state index contributed by atoms with van der Waals surface area (Å²) in [4.78, 5) is 22.2. The van der Waals surface area contributed by atoms with Gasteiger partial charge in [-0.3, -0.25) is 9.59 Å². The van der Waals surface area contributed by atoms with E-state index < -0.39 is 0 Å². The number of methoxy groups -OCH3 is 1. The molecule has 1 saturated carbocycles. The van der Waals surface area contributed by atoms with Gasteiger partial charge in [-0.2, -0.15) is 0 Å². The molecule has 0 atom stereocenters. The highest BCUT2D eigenvalue weighted by molar-refractivity contribution is 5.91. The Labute approximate surface area is 92.6 Å². The normalized spacial score (nSPS) is 23.6. The van der Waals surface area contributed by atoms with Crippen LogP contribution < -0.4 is 0 Å². The highest BCUT2D eigenvalue weighted by Gasteiger charge is 2.37. The van der Waals surface area contributed by atoms with Crippen molar-refractivity contribution in [2.75, 3.05) is 7.11 Å². The number of carbonyl (C=O) groups excluding carboxylic acids is 2. The number of nitrogens with zero attached hydrogens (tertiary/aromatic N) is 3. The summed E-state index contributed by atoms with van der Waals surface area (Å²) in [5.41, 5.74) is 0.363. The van der Waals surface area contributed by atoms with E-state index in [0.29, 0.717) is 18.5 Å². The van der Waals surface area contributed by atoms with Crippen LogP contribution in [-0.2, 0) is 9.53 Å². The van der Waals surface area contributed by atoms with Gasteiger partial charge in [0.25, 0.3) is 0 Å². The van der Waals surface area contributed by atoms with Crippen molar-refractivity contribution in [3.63, 3.8) is 0 Å². The molecule has 1 aromatic rings. The summed E-state index contributed by atoms with van der Waals surface area (Å²) in [5.74, 6) is -0.321. The van der Waals surface area contributed by atoms with Gasteiger partial charge in [-0.15, -0.1) is 5.10 Å². The molecule has 0 aromatic carbocycles. The minimum Gasteiger partial charge on any atom is -0.469 e. The van der Waals surface area contributed by atoms with E-state index in [-0.39, 0.29) is 23.7 Å². The van der Waals surface area contributed by atoms with E-state index in [1.54, 1.807) is 10.9 Å². The summed E-state index contributed by atoms with van der Waals surface area (Å²) >= 11 is 0. The summed E-state index contributed by atoms with van der Waals surface area (Å²) in [6.45, 7) is 1.45. The fourth-order valence-corrected chi connectivity index (χ4v) is 1.78. The standard InChI is InChI=1S/C10H13N3O3/c1-6(14)9-5-13(12-11-9)8-3-7(4-8)10(15)16-2/h5,7-8H,3-4H2,1-2H3. The molecule has 16 heavy (non-hydrogen) atoms. The quantitative estimate of drug-likeness (QED) is 0.554. The van der Waals surface area contributed by atoms with E-state index in [2.05, 4.69) is 15.0 Å². The first-order valence-electron chi connectivity index (χ1n) is 5.12. The molecular formula is C10H13N3O3. The van der Waals surface area contributed by atoms with Crippen LogP contribution in [0.15, 0.2) is 6.20 Å². The Morgan fingerprint density at radius 3 is 2.69 bits per heavy atom. The van der Waals surface area contributed by atoms with Gasteiger partial charge < -0.3 is 4.74 Å². The summed E-state index contributed by atoms with van der Waals surface area (Å²) in [5, 5.41) is 7.63. The zero-order chi connectivity index (χ0) is 11.7. The molecule has 0 saturated heterocycles. The zero-order valence-corrected chi connectivity index (χ0v) is 9.21. The van der Waals surface area contributed by atoms with Crippen molar-refractivity contribution in [2.24, 2.45) is 5.92 Å². The summed E-state index contributed by atoms with van der Waals surface area (Å²) in [6.07, 6.45) is 3.03.